The van der Waals surface area contributed by atoms with Crippen molar-refractivity contribution < 1.29 is 129 Å². The number of rotatable bonds is 6. The molecular weight excluding hydrogens is 511 g/mol. The minimum atomic E-state index is -4.51. The van der Waals surface area contributed by atoms with E-state index in [0.717, 1.165) is 24.3 Å². The monoisotopic (exact) mass is 522 g/mol. The second kappa shape index (κ2) is 13.2. The molecule has 32 heavy (non-hydrogen) atoms. The van der Waals surface area contributed by atoms with Gasteiger partial charge in [0.05, 0.1) is 32.5 Å². The molecule has 0 fully saturated rings. The van der Waals surface area contributed by atoms with E-state index >= 15 is 0 Å². The quantitative estimate of drug-likeness (QED) is 0.213. The molecule has 0 aliphatic heterocycles. The van der Waals surface area contributed by atoms with Crippen LogP contribution in [0.4, 0.5) is 22.7 Å². The van der Waals surface area contributed by atoms with Crippen molar-refractivity contribution in [3.63, 3.8) is 0 Å². The third-order valence-corrected chi connectivity index (χ3v) is 5.36. The first-order valence-electron chi connectivity index (χ1n) is 8.17. The smallest absolute Gasteiger partial charge is 0.744 e. The second-order valence-corrected chi connectivity index (χ2v) is 8.57. The van der Waals surface area contributed by atoms with Crippen molar-refractivity contribution in [2.75, 3.05) is 0 Å². The van der Waals surface area contributed by atoms with Crippen LogP contribution in [0.3, 0.4) is 0 Å². The zero-order valence-corrected chi connectivity index (χ0v) is 24.9. The van der Waals surface area contributed by atoms with Crippen LogP contribution in [-0.2, 0) is 20.2 Å². The molecule has 0 aliphatic rings. The fourth-order valence-corrected chi connectivity index (χ4v) is 3.11. The molecule has 3 rings (SSSR count). The molecule has 0 N–H and O–H groups in total. The minimum Gasteiger partial charge on any atom is -0.744 e. The maximum Gasteiger partial charge on any atom is 1.00 e. The van der Waals surface area contributed by atoms with Gasteiger partial charge in [-0.15, -0.1) is 0 Å². The topological polar surface area (TPSA) is 164 Å². The van der Waals surface area contributed by atoms with Gasteiger partial charge in [-0.3, -0.25) is 0 Å². The van der Waals surface area contributed by atoms with Crippen molar-refractivity contribution in [2.45, 2.75) is 9.79 Å². The van der Waals surface area contributed by atoms with Crippen molar-refractivity contribution in [3.05, 3.63) is 72.8 Å². The van der Waals surface area contributed by atoms with E-state index in [0.29, 0.717) is 22.7 Å². The molecule has 0 radical (unpaired) electrons. The summed E-state index contributed by atoms with van der Waals surface area (Å²) < 4.78 is 65.3. The third-order valence-electron chi connectivity index (χ3n) is 3.66. The zero-order chi connectivity index (χ0) is 21.8. The first-order chi connectivity index (χ1) is 14.1. The van der Waals surface area contributed by atoms with Gasteiger partial charge in [-0.05, 0) is 72.8 Å². The van der Waals surface area contributed by atoms with E-state index in [-0.39, 0.29) is 113 Å². The average Bonchev–Trinajstić information content (AvgIpc) is 2.71. The summed E-state index contributed by atoms with van der Waals surface area (Å²) in [7, 11) is -9.02. The molecule has 0 amide bonds. The van der Waals surface area contributed by atoms with Gasteiger partial charge in [0, 0.05) is 0 Å². The van der Waals surface area contributed by atoms with Crippen molar-refractivity contribution in [1.82, 2.24) is 0 Å². The van der Waals surface area contributed by atoms with Gasteiger partial charge in [0.1, 0.15) is 20.2 Å². The first-order valence-corrected chi connectivity index (χ1v) is 11.0. The Bertz CT molecular complexity index is 1210. The Labute approximate surface area is 270 Å². The van der Waals surface area contributed by atoms with Crippen LogP contribution in [-0.4, -0.2) is 25.9 Å². The summed E-state index contributed by atoms with van der Waals surface area (Å²) in [5.41, 5.74) is 1.74. The van der Waals surface area contributed by atoms with Gasteiger partial charge in [0.15, 0.2) is 0 Å². The van der Waals surface area contributed by atoms with Crippen molar-refractivity contribution in [1.29, 1.82) is 0 Å². The molecule has 154 valence electrons. The van der Waals surface area contributed by atoms with E-state index in [9.17, 15) is 25.9 Å². The second-order valence-electron chi connectivity index (χ2n) is 5.81. The number of hydrogen-bond acceptors (Lipinski definition) is 10. The van der Waals surface area contributed by atoms with Crippen LogP contribution in [0.5, 0.6) is 0 Å². The molecule has 3 aromatic carbocycles. The maximum absolute atomic E-state index is 10.9. The van der Waals surface area contributed by atoms with E-state index in [1.54, 1.807) is 24.3 Å². The molecule has 0 aliphatic carbocycles. The normalized spacial score (nSPS) is 11.8. The van der Waals surface area contributed by atoms with Crippen LogP contribution in [0.2, 0.25) is 0 Å². The summed E-state index contributed by atoms with van der Waals surface area (Å²) in [6.45, 7) is 0. The largest absolute Gasteiger partial charge is 1.00 e. The van der Waals surface area contributed by atoms with Gasteiger partial charge in [-0.2, -0.15) is 20.5 Å². The molecule has 0 spiro atoms. The van der Waals surface area contributed by atoms with Gasteiger partial charge in [0.2, 0.25) is 0 Å². The summed E-state index contributed by atoms with van der Waals surface area (Å²) in [6.07, 6.45) is 0. The van der Waals surface area contributed by atoms with Crippen molar-refractivity contribution in [2.24, 2.45) is 20.5 Å². The SMILES string of the molecule is O=S(=O)([O-])c1ccc(N=Nc2ccc(N=Nc3ccc(S(=O)(=O)[O-])cc3)cc2)cc1.[K+].[K+]. The molecule has 0 unspecified atom stereocenters. The Morgan fingerprint density at radius 1 is 0.438 bits per heavy atom. The van der Waals surface area contributed by atoms with E-state index in [2.05, 4.69) is 20.5 Å². The number of azo groups is 2. The number of nitrogens with zero attached hydrogens (tertiary/aromatic N) is 4. The van der Waals surface area contributed by atoms with E-state index < -0.39 is 20.2 Å². The van der Waals surface area contributed by atoms with E-state index in [4.69, 9.17) is 0 Å². The summed E-state index contributed by atoms with van der Waals surface area (Å²) >= 11 is 0. The first kappa shape index (κ1) is 30.0. The Kier molecular flexibility index (Phi) is 12.3. The maximum atomic E-state index is 10.9. The molecule has 0 aromatic heterocycles. The van der Waals surface area contributed by atoms with Gasteiger partial charge >= 0.3 is 103 Å². The van der Waals surface area contributed by atoms with Crippen LogP contribution in [0.15, 0.2) is 103 Å². The van der Waals surface area contributed by atoms with E-state index in [1.807, 2.05) is 0 Å². The Balaban J connectivity index is 0.00000256. The fraction of sp³-hybridized carbons (Fsp3) is 0. The standard InChI is InChI=1S/C18H14N4O6S2.2K/c23-29(24,25)17-9-5-15(6-10-17)21-19-13-1-2-14(4-3-13)20-22-16-7-11-18(12-8-16)30(26,27)28;;/h1-12H,(H,23,24,25)(H,26,27,28);;/q;2*+1/p-2. The summed E-state index contributed by atoms with van der Waals surface area (Å²) in [4.78, 5) is -0.694. The number of benzene rings is 3. The summed E-state index contributed by atoms with van der Waals surface area (Å²) in [5, 5.41) is 15.9. The minimum absolute atomic E-state index is 0. The van der Waals surface area contributed by atoms with Crippen molar-refractivity contribution in [3.8, 4) is 0 Å². The fourth-order valence-electron chi connectivity index (χ4n) is 2.18. The van der Waals surface area contributed by atoms with Crippen LogP contribution >= 0.6 is 0 Å². The van der Waals surface area contributed by atoms with Gasteiger partial charge in [0.25, 0.3) is 0 Å². The Morgan fingerprint density at radius 2 is 0.625 bits per heavy atom. The van der Waals surface area contributed by atoms with E-state index in [1.165, 1.54) is 24.3 Å². The molecule has 3 aromatic rings. The van der Waals surface area contributed by atoms with Gasteiger partial charge in [-0.25, -0.2) is 16.8 Å². The molecule has 0 heterocycles. The summed E-state index contributed by atoms with van der Waals surface area (Å²) in [6, 6.07) is 16.6. The molecular formula is C18H12K2N4O6S2. The third kappa shape index (κ3) is 9.30. The Hall–Kier alpha value is -0.0473. The van der Waals surface area contributed by atoms with Crippen LogP contribution in [0, 0.1) is 0 Å². The molecule has 0 atom stereocenters. The molecule has 0 saturated carbocycles. The predicted octanol–water partition coefficient (Wildman–Crippen LogP) is -1.67. The van der Waals surface area contributed by atoms with Crippen LogP contribution in [0.25, 0.3) is 0 Å². The Morgan fingerprint density at radius 3 is 0.812 bits per heavy atom. The number of hydrogen-bond donors (Lipinski definition) is 0. The van der Waals surface area contributed by atoms with Crippen molar-refractivity contribution >= 4 is 43.0 Å². The predicted molar refractivity (Wildman–Crippen MR) is 104 cm³/mol. The summed E-state index contributed by atoms with van der Waals surface area (Å²) in [5.74, 6) is 0. The zero-order valence-electron chi connectivity index (χ0n) is 17.0. The van der Waals surface area contributed by atoms with Gasteiger partial charge < -0.3 is 9.11 Å². The molecule has 0 bridgehead atoms. The molecule has 0 saturated heterocycles. The molecule has 10 nitrogen and oxygen atoms in total. The molecule has 14 heteroatoms. The average molecular weight is 523 g/mol. The van der Waals surface area contributed by atoms with Gasteiger partial charge in [-0.1, -0.05) is 0 Å². The van der Waals surface area contributed by atoms with Crippen LogP contribution < -0.4 is 103 Å². The van der Waals surface area contributed by atoms with Crippen LogP contribution in [0.1, 0.15) is 0 Å².